The molecular formula is C81H151NO10. The predicted molar refractivity (Wildman–Crippen MR) is 389 cm³/mol. The first-order valence-corrected chi connectivity index (χ1v) is 39.9. The van der Waals surface area contributed by atoms with Crippen molar-refractivity contribution in [3.05, 3.63) is 48.6 Å². The zero-order chi connectivity index (χ0) is 66.5. The van der Waals surface area contributed by atoms with Crippen LogP contribution in [0.4, 0.5) is 0 Å². The predicted octanol–water partition coefficient (Wildman–Crippen LogP) is 21.5. The van der Waals surface area contributed by atoms with E-state index in [9.17, 15) is 35.1 Å². The van der Waals surface area contributed by atoms with Crippen LogP contribution in [0.2, 0.25) is 0 Å². The number of aliphatic hydroxyl groups is 5. The van der Waals surface area contributed by atoms with Gasteiger partial charge in [-0.1, -0.05) is 345 Å². The molecule has 0 bridgehead atoms. The average molecular weight is 1300 g/mol. The maximum atomic E-state index is 13.1. The van der Waals surface area contributed by atoms with E-state index >= 15 is 0 Å². The van der Waals surface area contributed by atoms with Gasteiger partial charge in [0.25, 0.3) is 0 Å². The van der Waals surface area contributed by atoms with E-state index in [1.807, 2.05) is 6.08 Å². The van der Waals surface area contributed by atoms with E-state index in [1.54, 1.807) is 6.08 Å². The molecular weight excluding hydrogens is 1150 g/mol. The molecule has 11 heteroatoms. The van der Waals surface area contributed by atoms with Gasteiger partial charge in [0.2, 0.25) is 5.91 Å². The zero-order valence-corrected chi connectivity index (χ0v) is 60.3. The van der Waals surface area contributed by atoms with E-state index in [1.165, 1.54) is 302 Å². The van der Waals surface area contributed by atoms with Crippen LogP contribution in [0.1, 0.15) is 393 Å². The lowest BCUT2D eigenvalue weighted by molar-refractivity contribution is -0.302. The van der Waals surface area contributed by atoms with Crippen molar-refractivity contribution in [1.82, 2.24) is 5.32 Å². The van der Waals surface area contributed by atoms with Gasteiger partial charge in [0, 0.05) is 12.8 Å². The summed E-state index contributed by atoms with van der Waals surface area (Å²) in [6.45, 7) is 4.34. The Kier molecular flexibility index (Phi) is 66.6. The molecule has 0 aromatic rings. The van der Waals surface area contributed by atoms with Crippen molar-refractivity contribution in [3.8, 4) is 0 Å². The molecule has 0 radical (unpaired) electrons. The van der Waals surface area contributed by atoms with Crippen molar-refractivity contribution in [2.75, 3.05) is 19.8 Å². The number of hydrogen-bond acceptors (Lipinski definition) is 10. The lowest BCUT2D eigenvalue weighted by Crippen LogP contribution is -2.60. The number of hydrogen-bond donors (Lipinski definition) is 6. The minimum atomic E-state index is -1.58. The van der Waals surface area contributed by atoms with E-state index in [2.05, 4.69) is 55.6 Å². The summed E-state index contributed by atoms with van der Waals surface area (Å²) in [6, 6.07) is -0.832. The van der Waals surface area contributed by atoms with Gasteiger partial charge in [-0.25, -0.2) is 0 Å². The SMILES string of the molecule is CCCCC/C=C/CC/C=C/CC/C=C/C(O)C(COC1OC(CO)C(O)C(O)C1O)NC(=O)CCCCCCCCCCCCCCCCCCC/C=C\CCCCCCCCCCCCCCCCCCCCOC(=O)CCCCCCCCCCCCCC. The normalized spacial score (nSPS) is 17.8. The minimum absolute atomic E-state index is 0.0176. The molecule has 540 valence electrons. The summed E-state index contributed by atoms with van der Waals surface area (Å²) in [7, 11) is 0. The fourth-order valence-electron chi connectivity index (χ4n) is 12.6. The molecule has 6 N–H and O–H groups in total. The van der Waals surface area contributed by atoms with Crippen molar-refractivity contribution >= 4 is 11.9 Å². The zero-order valence-electron chi connectivity index (χ0n) is 60.3. The van der Waals surface area contributed by atoms with Crippen LogP contribution >= 0.6 is 0 Å². The Morgan fingerprint density at radius 1 is 0.391 bits per heavy atom. The van der Waals surface area contributed by atoms with E-state index in [0.717, 1.165) is 64.2 Å². The Morgan fingerprint density at radius 3 is 1.10 bits per heavy atom. The molecule has 1 aliphatic rings. The Morgan fingerprint density at radius 2 is 0.707 bits per heavy atom. The molecule has 0 spiro atoms. The number of carbonyl (C=O) groups is 2. The van der Waals surface area contributed by atoms with Gasteiger partial charge in [0.05, 0.1) is 32.0 Å². The van der Waals surface area contributed by atoms with Crippen molar-refractivity contribution in [1.29, 1.82) is 0 Å². The number of esters is 1. The van der Waals surface area contributed by atoms with Crippen molar-refractivity contribution < 1.29 is 49.3 Å². The van der Waals surface area contributed by atoms with Gasteiger partial charge in [-0.15, -0.1) is 0 Å². The van der Waals surface area contributed by atoms with E-state index in [-0.39, 0.29) is 18.5 Å². The molecule has 0 saturated carbocycles. The summed E-state index contributed by atoms with van der Waals surface area (Å²) < 4.78 is 16.7. The molecule has 1 saturated heterocycles. The fourth-order valence-corrected chi connectivity index (χ4v) is 12.6. The second-order valence-electron chi connectivity index (χ2n) is 27.7. The Balaban J connectivity index is 1.90. The second-order valence-corrected chi connectivity index (χ2v) is 27.7. The number of unbranched alkanes of at least 4 members (excludes halogenated alkanes) is 51. The minimum Gasteiger partial charge on any atom is -0.466 e. The highest BCUT2D eigenvalue weighted by atomic mass is 16.7. The van der Waals surface area contributed by atoms with Crippen LogP contribution in [0.15, 0.2) is 48.6 Å². The third kappa shape index (κ3) is 57.8. The van der Waals surface area contributed by atoms with Crippen LogP contribution in [0.3, 0.4) is 0 Å². The number of nitrogens with one attached hydrogen (secondary N) is 1. The number of amides is 1. The molecule has 1 amide bonds. The van der Waals surface area contributed by atoms with Gasteiger partial charge < -0.3 is 45.1 Å². The largest absolute Gasteiger partial charge is 0.466 e. The van der Waals surface area contributed by atoms with Gasteiger partial charge >= 0.3 is 5.97 Å². The quantitative estimate of drug-likeness (QED) is 0.0195. The van der Waals surface area contributed by atoms with Gasteiger partial charge in [0.15, 0.2) is 6.29 Å². The van der Waals surface area contributed by atoms with Gasteiger partial charge in [0.1, 0.15) is 24.4 Å². The summed E-state index contributed by atoms with van der Waals surface area (Å²) in [4.78, 5) is 25.1. The highest BCUT2D eigenvalue weighted by molar-refractivity contribution is 5.76. The summed E-state index contributed by atoms with van der Waals surface area (Å²) in [5, 5.41) is 54.5. The molecule has 1 aliphatic heterocycles. The first kappa shape index (κ1) is 87.6. The molecule has 7 atom stereocenters. The monoisotopic (exact) mass is 1300 g/mol. The average Bonchev–Trinajstić information content (AvgIpc) is 0.990. The standard InChI is InChI=1S/C81H151NO10/c1-3-5-7-9-11-13-15-44-47-51-55-59-63-67-74(84)73(72-91-81-80(89)79(88)78(87)75(71-83)92-81)82-76(85)68-64-60-56-52-48-45-42-40-38-36-34-32-30-28-26-24-22-20-18-17-19-21-23-25-27-29-31-33-35-37-39-41-43-46-50-54-58-62-66-70-90-77(86)69-65-61-57-53-49-16-14-12-10-8-6-4-2/h11,13,17-18,47,51,63,67,73-75,78-81,83-84,87-89H,3-10,12,14-16,19-46,48-50,52-62,64-66,68-72H2,1-2H3,(H,82,85)/b13-11+,18-17-,51-47+,67-63+. The van der Waals surface area contributed by atoms with Crippen LogP contribution in [0.5, 0.6) is 0 Å². The van der Waals surface area contributed by atoms with Gasteiger partial charge in [-0.05, 0) is 83.5 Å². The third-order valence-corrected chi connectivity index (χ3v) is 18.9. The van der Waals surface area contributed by atoms with E-state index in [4.69, 9.17) is 14.2 Å². The lowest BCUT2D eigenvalue weighted by atomic mass is 9.99. The maximum absolute atomic E-state index is 13.1. The highest BCUT2D eigenvalue weighted by Gasteiger charge is 2.44. The highest BCUT2D eigenvalue weighted by Crippen LogP contribution is 2.24. The fraction of sp³-hybridized carbons (Fsp3) is 0.877. The van der Waals surface area contributed by atoms with E-state index in [0.29, 0.717) is 19.4 Å². The topological polar surface area (TPSA) is 175 Å². The molecule has 11 nitrogen and oxygen atoms in total. The smallest absolute Gasteiger partial charge is 0.305 e. The van der Waals surface area contributed by atoms with Crippen LogP contribution in [0.25, 0.3) is 0 Å². The second kappa shape index (κ2) is 70.0. The summed E-state index contributed by atoms with van der Waals surface area (Å²) in [6.07, 6.45) is 83.0. The molecule has 7 unspecified atom stereocenters. The molecule has 0 aromatic carbocycles. The molecule has 1 rings (SSSR count). The summed E-state index contributed by atoms with van der Waals surface area (Å²) in [5.74, 6) is -0.174. The molecule has 0 aromatic heterocycles. The maximum Gasteiger partial charge on any atom is 0.305 e. The van der Waals surface area contributed by atoms with Crippen molar-refractivity contribution in [3.63, 3.8) is 0 Å². The van der Waals surface area contributed by atoms with Crippen molar-refractivity contribution in [2.24, 2.45) is 0 Å². The molecule has 1 fully saturated rings. The van der Waals surface area contributed by atoms with Crippen LogP contribution in [-0.2, 0) is 23.8 Å². The van der Waals surface area contributed by atoms with Crippen molar-refractivity contribution in [2.45, 2.75) is 436 Å². The summed E-state index contributed by atoms with van der Waals surface area (Å²) in [5.41, 5.74) is 0. The Bertz CT molecular complexity index is 1670. The molecule has 0 aliphatic carbocycles. The Hall–Kier alpha value is -2.38. The lowest BCUT2D eigenvalue weighted by Gasteiger charge is -2.40. The van der Waals surface area contributed by atoms with Gasteiger partial charge in [-0.2, -0.15) is 0 Å². The first-order valence-electron chi connectivity index (χ1n) is 39.9. The molecule has 1 heterocycles. The van der Waals surface area contributed by atoms with Crippen LogP contribution < -0.4 is 5.32 Å². The number of allylic oxidation sites excluding steroid dienone is 7. The number of aliphatic hydroxyl groups excluding tert-OH is 5. The summed E-state index contributed by atoms with van der Waals surface area (Å²) >= 11 is 0. The van der Waals surface area contributed by atoms with Crippen LogP contribution in [0, 0.1) is 0 Å². The number of ether oxygens (including phenoxy) is 3. The number of rotatable bonds is 71. The molecule has 92 heavy (non-hydrogen) atoms. The van der Waals surface area contributed by atoms with Crippen LogP contribution in [-0.4, -0.2) is 100 Å². The Labute approximate surface area is 567 Å². The van der Waals surface area contributed by atoms with Gasteiger partial charge in [-0.3, -0.25) is 9.59 Å². The number of carbonyl (C=O) groups excluding carboxylic acids is 2. The first-order chi connectivity index (χ1) is 45.2. The van der Waals surface area contributed by atoms with E-state index < -0.39 is 49.5 Å². The third-order valence-electron chi connectivity index (χ3n) is 18.9.